The molecule has 3 aromatic carbocycles. The van der Waals surface area contributed by atoms with Gasteiger partial charge in [-0.2, -0.15) is 0 Å². The Bertz CT molecular complexity index is 954. The van der Waals surface area contributed by atoms with Gasteiger partial charge in [0.05, 0.1) is 6.04 Å². The summed E-state index contributed by atoms with van der Waals surface area (Å²) in [7, 11) is 0. The molecule has 3 fully saturated rings. The third-order valence-corrected chi connectivity index (χ3v) is 6.97. The van der Waals surface area contributed by atoms with E-state index in [0.717, 1.165) is 10.6 Å². The Kier molecular flexibility index (Phi) is 5.70. The van der Waals surface area contributed by atoms with Crippen molar-refractivity contribution in [2.24, 2.45) is 10.9 Å². The topological polar surface area (TPSA) is 15.6 Å². The highest BCUT2D eigenvalue weighted by Gasteiger charge is 2.46. The van der Waals surface area contributed by atoms with Crippen molar-refractivity contribution in [3.8, 4) is 0 Å². The number of aliphatic imine (C=N–C) groups is 1. The molecule has 0 aliphatic carbocycles. The summed E-state index contributed by atoms with van der Waals surface area (Å²) in [6, 6.07) is 30.6. The first-order chi connectivity index (χ1) is 14.8. The SMILES string of the molecule is Clc1cccc(/C=N\C2C3CCN(CC3)C2C(c2ccccc2)c2ccccc2)c1. The standard InChI is InChI=1S/C27H27ClN2/c28-24-13-7-8-20(18-24)19-29-26-23-14-16-30(17-15-23)27(26)25(21-9-3-1-4-10-21)22-11-5-2-6-12-22/h1-13,18-19,23,25-27H,14-17H2/b29-19-. The lowest BCUT2D eigenvalue weighted by atomic mass is 9.71. The van der Waals surface area contributed by atoms with Crippen LogP contribution in [-0.4, -0.2) is 36.3 Å². The highest BCUT2D eigenvalue weighted by Crippen LogP contribution is 2.43. The molecule has 0 radical (unpaired) electrons. The third-order valence-electron chi connectivity index (χ3n) is 6.73. The average Bonchev–Trinajstić information content (AvgIpc) is 2.81. The number of piperidine rings is 3. The first-order valence-electron chi connectivity index (χ1n) is 10.9. The van der Waals surface area contributed by atoms with Gasteiger partial charge >= 0.3 is 0 Å². The molecule has 2 nitrogen and oxygen atoms in total. The van der Waals surface area contributed by atoms with Crippen molar-refractivity contribution in [1.29, 1.82) is 0 Å². The Morgan fingerprint density at radius 3 is 2.07 bits per heavy atom. The minimum atomic E-state index is 0.289. The van der Waals surface area contributed by atoms with E-state index in [1.807, 2.05) is 24.4 Å². The Labute approximate surface area is 184 Å². The van der Waals surface area contributed by atoms with Gasteiger partial charge in [-0.15, -0.1) is 0 Å². The van der Waals surface area contributed by atoms with Gasteiger partial charge in [-0.05, 0) is 60.7 Å². The van der Waals surface area contributed by atoms with E-state index >= 15 is 0 Å². The van der Waals surface area contributed by atoms with Crippen molar-refractivity contribution in [1.82, 2.24) is 4.90 Å². The normalized spacial score (nSPS) is 25.8. The van der Waals surface area contributed by atoms with Crippen LogP contribution < -0.4 is 0 Å². The van der Waals surface area contributed by atoms with Crippen LogP contribution in [0.1, 0.15) is 35.4 Å². The number of nitrogens with zero attached hydrogens (tertiary/aromatic N) is 2. The van der Waals surface area contributed by atoms with Crippen LogP contribution in [0, 0.1) is 5.92 Å². The molecule has 3 heteroatoms. The second-order valence-corrected chi connectivity index (χ2v) is 8.92. The monoisotopic (exact) mass is 414 g/mol. The van der Waals surface area contributed by atoms with Gasteiger partial charge in [0, 0.05) is 23.2 Å². The van der Waals surface area contributed by atoms with Gasteiger partial charge in [0.15, 0.2) is 0 Å². The highest BCUT2D eigenvalue weighted by atomic mass is 35.5. The van der Waals surface area contributed by atoms with E-state index < -0.39 is 0 Å². The number of halogens is 1. The van der Waals surface area contributed by atoms with E-state index in [0.29, 0.717) is 17.9 Å². The maximum atomic E-state index is 6.20. The third kappa shape index (κ3) is 3.95. The van der Waals surface area contributed by atoms with E-state index in [1.54, 1.807) is 0 Å². The minimum Gasteiger partial charge on any atom is -0.297 e. The zero-order valence-corrected chi connectivity index (χ0v) is 17.8. The highest BCUT2D eigenvalue weighted by molar-refractivity contribution is 6.30. The zero-order chi connectivity index (χ0) is 20.3. The molecule has 3 saturated heterocycles. The molecule has 6 rings (SSSR count). The van der Waals surface area contributed by atoms with Crippen LogP contribution in [0.15, 0.2) is 89.9 Å². The first-order valence-corrected chi connectivity index (χ1v) is 11.3. The van der Waals surface area contributed by atoms with Crippen LogP contribution in [0.25, 0.3) is 0 Å². The van der Waals surface area contributed by atoms with Gasteiger partial charge in [0.2, 0.25) is 0 Å². The molecule has 152 valence electrons. The van der Waals surface area contributed by atoms with Gasteiger partial charge in [-0.1, -0.05) is 84.4 Å². The maximum Gasteiger partial charge on any atom is 0.0693 e. The van der Waals surface area contributed by atoms with E-state index in [9.17, 15) is 0 Å². The molecule has 0 aromatic heterocycles. The fourth-order valence-corrected chi connectivity index (χ4v) is 5.54. The molecule has 2 unspecified atom stereocenters. The minimum absolute atomic E-state index is 0.289. The molecule has 0 spiro atoms. The van der Waals surface area contributed by atoms with Crippen LogP contribution in [-0.2, 0) is 0 Å². The largest absolute Gasteiger partial charge is 0.297 e. The quantitative estimate of drug-likeness (QED) is 0.464. The number of fused-ring (bicyclic) bond motifs is 3. The molecule has 3 aromatic rings. The van der Waals surface area contributed by atoms with Gasteiger partial charge in [-0.25, -0.2) is 0 Å². The molecular weight excluding hydrogens is 388 g/mol. The lowest BCUT2D eigenvalue weighted by Crippen LogP contribution is -2.59. The Morgan fingerprint density at radius 1 is 0.833 bits per heavy atom. The van der Waals surface area contributed by atoms with Crippen LogP contribution in [0.4, 0.5) is 0 Å². The van der Waals surface area contributed by atoms with Gasteiger partial charge in [0.25, 0.3) is 0 Å². The summed E-state index contributed by atoms with van der Waals surface area (Å²) in [6.07, 6.45) is 4.52. The van der Waals surface area contributed by atoms with E-state index in [1.165, 1.54) is 37.1 Å². The van der Waals surface area contributed by atoms with Crippen molar-refractivity contribution >= 4 is 17.8 Å². The molecule has 0 saturated carbocycles. The Morgan fingerprint density at radius 2 is 1.47 bits per heavy atom. The Hall–Kier alpha value is -2.42. The summed E-state index contributed by atoms with van der Waals surface area (Å²) in [5.41, 5.74) is 3.84. The van der Waals surface area contributed by atoms with Crippen LogP contribution in [0.5, 0.6) is 0 Å². The molecule has 30 heavy (non-hydrogen) atoms. The van der Waals surface area contributed by atoms with Crippen molar-refractivity contribution in [3.63, 3.8) is 0 Å². The molecule has 3 aliphatic heterocycles. The van der Waals surface area contributed by atoms with Gasteiger partial charge < -0.3 is 0 Å². The van der Waals surface area contributed by atoms with Crippen molar-refractivity contribution in [2.75, 3.05) is 13.1 Å². The summed E-state index contributed by atoms with van der Waals surface area (Å²) < 4.78 is 0. The smallest absolute Gasteiger partial charge is 0.0693 e. The van der Waals surface area contributed by atoms with E-state index in [2.05, 4.69) is 71.6 Å². The summed E-state index contributed by atoms with van der Waals surface area (Å²) in [5, 5.41) is 0.760. The van der Waals surface area contributed by atoms with Crippen LogP contribution >= 0.6 is 11.6 Å². The molecule has 2 atom stereocenters. The number of hydrogen-bond acceptors (Lipinski definition) is 2. The predicted molar refractivity (Wildman–Crippen MR) is 126 cm³/mol. The van der Waals surface area contributed by atoms with Crippen LogP contribution in [0.3, 0.4) is 0 Å². The lowest BCUT2D eigenvalue weighted by molar-refractivity contribution is 0.0215. The van der Waals surface area contributed by atoms with Gasteiger partial charge in [-0.3, -0.25) is 9.89 Å². The molecule has 0 N–H and O–H groups in total. The van der Waals surface area contributed by atoms with E-state index in [4.69, 9.17) is 16.6 Å². The molecule has 3 aliphatic rings. The fraction of sp³-hybridized carbons (Fsp3) is 0.296. The van der Waals surface area contributed by atoms with Crippen molar-refractivity contribution in [2.45, 2.75) is 30.8 Å². The number of rotatable bonds is 5. The first kappa shape index (κ1) is 19.5. The second kappa shape index (κ2) is 8.75. The van der Waals surface area contributed by atoms with Crippen molar-refractivity contribution in [3.05, 3.63) is 107 Å². The lowest BCUT2D eigenvalue weighted by Gasteiger charge is -2.52. The van der Waals surface area contributed by atoms with Crippen LogP contribution in [0.2, 0.25) is 5.02 Å². The second-order valence-electron chi connectivity index (χ2n) is 8.49. The molecule has 0 amide bonds. The molecular formula is C27H27ClN2. The average molecular weight is 415 g/mol. The predicted octanol–water partition coefficient (Wildman–Crippen LogP) is 6.05. The van der Waals surface area contributed by atoms with E-state index in [-0.39, 0.29) is 6.04 Å². The summed E-state index contributed by atoms with van der Waals surface area (Å²) in [5.74, 6) is 0.961. The van der Waals surface area contributed by atoms with Gasteiger partial charge in [0.1, 0.15) is 0 Å². The summed E-state index contributed by atoms with van der Waals surface area (Å²) in [4.78, 5) is 7.89. The Balaban J connectivity index is 1.55. The fourth-order valence-electron chi connectivity index (χ4n) is 5.34. The summed E-state index contributed by atoms with van der Waals surface area (Å²) >= 11 is 6.20. The number of benzene rings is 3. The summed E-state index contributed by atoms with van der Waals surface area (Å²) in [6.45, 7) is 2.35. The molecule has 3 heterocycles. The van der Waals surface area contributed by atoms with Crippen molar-refractivity contribution < 1.29 is 0 Å². The zero-order valence-electron chi connectivity index (χ0n) is 17.1. The number of hydrogen-bond donors (Lipinski definition) is 0. The maximum absolute atomic E-state index is 6.20. The molecule has 2 bridgehead atoms.